The Hall–Kier alpha value is -2.68. The van der Waals surface area contributed by atoms with E-state index in [1.54, 1.807) is 20.8 Å². The molecule has 1 aliphatic heterocycles. The van der Waals surface area contributed by atoms with Crippen molar-refractivity contribution in [1.82, 2.24) is 5.43 Å². The molecule has 0 spiro atoms. The molecule has 2 N–H and O–H groups in total. The van der Waals surface area contributed by atoms with Crippen molar-refractivity contribution in [3.8, 4) is 0 Å². The predicted molar refractivity (Wildman–Crippen MR) is 79.9 cm³/mol. The fourth-order valence-corrected chi connectivity index (χ4v) is 2.19. The van der Waals surface area contributed by atoms with Crippen molar-refractivity contribution in [2.24, 2.45) is 0 Å². The highest BCUT2D eigenvalue weighted by molar-refractivity contribution is 5.96. The van der Waals surface area contributed by atoms with Crippen molar-refractivity contribution in [3.05, 3.63) is 33.9 Å². The van der Waals surface area contributed by atoms with Gasteiger partial charge in [0.05, 0.1) is 10.6 Å². The Balaban J connectivity index is 2.51. The molecule has 0 saturated heterocycles. The van der Waals surface area contributed by atoms with Gasteiger partial charge in [-0.15, -0.1) is 0 Å². The minimum absolute atomic E-state index is 0.116. The molecule has 1 amide bonds. The van der Waals surface area contributed by atoms with Crippen LogP contribution in [0, 0.1) is 10.1 Å². The van der Waals surface area contributed by atoms with E-state index < -0.39 is 28.1 Å². The van der Waals surface area contributed by atoms with Gasteiger partial charge < -0.3 is 9.84 Å². The second kappa shape index (κ2) is 5.20. The number of benzene rings is 1. The smallest absolute Gasteiger partial charge is 0.429 e. The minimum atomic E-state index is -1.68. The largest absolute Gasteiger partial charge is 0.480 e. The second-order valence-electron chi connectivity index (χ2n) is 6.32. The molecule has 0 aliphatic carbocycles. The Kier molecular flexibility index (Phi) is 3.77. The SMILES string of the molecule is CC(C)(C)OC(=O)N1N[C@](C)(C(=O)O)c2cc([N+](=O)[O-])ccc21. The molecule has 0 radical (unpaired) electrons. The molecule has 2 rings (SSSR count). The lowest BCUT2D eigenvalue weighted by Crippen LogP contribution is -2.52. The van der Waals surface area contributed by atoms with Crippen LogP contribution in [0.3, 0.4) is 0 Å². The molecule has 1 heterocycles. The van der Waals surface area contributed by atoms with Crippen LogP contribution in [0.25, 0.3) is 0 Å². The van der Waals surface area contributed by atoms with Gasteiger partial charge in [-0.25, -0.2) is 20.0 Å². The number of nitro benzene ring substituents is 1. The number of carbonyl (C=O) groups is 2. The van der Waals surface area contributed by atoms with Crippen LogP contribution in [0.5, 0.6) is 0 Å². The second-order valence-corrected chi connectivity index (χ2v) is 6.32. The van der Waals surface area contributed by atoms with Crippen LogP contribution < -0.4 is 10.4 Å². The number of aliphatic carboxylic acids is 1. The van der Waals surface area contributed by atoms with Crippen LogP contribution in [0.15, 0.2) is 18.2 Å². The molecule has 23 heavy (non-hydrogen) atoms. The summed E-state index contributed by atoms with van der Waals surface area (Å²) in [6.07, 6.45) is -0.794. The number of hydrogen-bond donors (Lipinski definition) is 2. The summed E-state index contributed by atoms with van der Waals surface area (Å²) < 4.78 is 5.23. The number of nitrogens with zero attached hydrogens (tertiary/aromatic N) is 2. The maximum absolute atomic E-state index is 12.3. The summed E-state index contributed by atoms with van der Waals surface area (Å²) in [7, 11) is 0. The van der Waals surface area contributed by atoms with Gasteiger partial charge in [0, 0.05) is 17.7 Å². The van der Waals surface area contributed by atoms with Crippen molar-refractivity contribution in [2.45, 2.75) is 38.8 Å². The van der Waals surface area contributed by atoms with E-state index in [9.17, 15) is 24.8 Å². The number of nitrogens with one attached hydrogen (secondary N) is 1. The first-order valence-corrected chi connectivity index (χ1v) is 6.79. The van der Waals surface area contributed by atoms with E-state index >= 15 is 0 Å². The number of carboxylic acids is 1. The summed E-state index contributed by atoms with van der Waals surface area (Å²) in [5.41, 5.74) is 0.158. The van der Waals surface area contributed by atoms with E-state index in [0.717, 1.165) is 11.1 Å². The molecule has 124 valence electrons. The Morgan fingerprint density at radius 1 is 1.39 bits per heavy atom. The van der Waals surface area contributed by atoms with Crippen molar-refractivity contribution < 1.29 is 24.4 Å². The maximum Gasteiger partial charge on any atom is 0.429 e. The molecule has 1 aliphatic rings. The van der Waals surface area contributed by atoms with E-state index in [-0.39, 0.29) is 16.9 Å². The first-order valence-electron chi connectivity index (χ1n) is 6.79. The molecule has 9 heteroatoms. The van der Waals surface area contributed by atoms with E-state index in [1.807, 2.05) is 0 Å². The van der Waals surface area contributed by atoms with Gasteiger partial charge >= 0.3 is 12.1 Å². The van der Waals surface area contributed by atoms with Crippen molar-refractivity contribution in [2.75, 3.05) is 5.01 Å². The first kappa shape index (κ1) is 16.7. The third-order valence-corrected chi connectivity index (χ3v) is 3.31. The Morgan fingerprint density at radius 3 is 2.48 bits per heavy atom. The highest BCUT2D eigenvalue weighted by atomic mass is 16.6. The highest BCUT2D eigenvalue weighted by Gasteiger charge is 2.48. The molecule has 0 fully saturated rings. The molecule has 1 aromatic carbocycles. The van der Waals surface area contributed by atoms with Gasteiger partial charge in [-0.3, -0.25) is 10.1 Å². The zero-order valence-electron chi connectivity index (χ0n) is 13.1. The zero-order chi connectivity index (χ0) is 17.6. The van der Waals surface area contributed by atoms with E-state index in [2.05, 4.69) is 5.43 Å². The molecular weight excluding hydrogens is 306 g/mol. The van der Waals surface area contributed by atoms with Gasteiger partial charge in [0.15, 0.2) is 5.54 Å². The summed E-state index contributed by atoms with van der Waals surface area (Å²) in [5, 5.41) is 21.3. The van der Waals surface area contributed by atoms with Gasteiger partial charge in [-0.2, -0.15) is 0 Å². The Labute approximate surface area is 132 Å². The number of hydrogen-bond acceptors (Lipinski definition) is 6. The van der Waals surface area contributed by atoms with Gasteiger partial charge in [-0.05, 0) is 33.8 Å². The highest BCUT2D eigenvalue weighted by Crippen LogP contribution is 2.40. The third-order valence-electron chi connectivity index (χ3n) is 3.31. The molecule has 0 saturated carbocycles. The zero-order valence-corrected chi connectivity index (χ0v) is 13.1. The minimum Gasteiger partial charge on any atom is -0.480 e. The number of fused-ring (bicyclic) bond motifs is 1. The number of hydrazine groups is 1. The Morgan fingerprint density at radius 2 is 2.00 bits per heavy atom. The maximum atomic E-state index is 12.3. The lowest BCUT2D eigenvalue weighted by Gasteiger charge is -2.26. The van der Waals surface area contributed by atoms with Crippen molar-refractivity contribution in [3.63, 3.8) is 0 Å². The number of ether oxygens (including phenoxy) is 1. The summed E-state index contributed by atoms with van der Waals surface area (Å²) in [4.78, 5) is 34.2. The summed E-state index contributed by atoms with van der Waals surface area (Å²) in [6, 6.07) is 3.66. The van der Waals surface area contributed by atoms with Gasteiger partial charge in [-0.1, -0.05) is 0 Å². The van der Waals surface area contributed by atoms with Crippen LogP contribution in [0.2, 0.25) is 0 Å². The van der Waals surface area contributed by atoms with Crippen LogP contribution in [0.4, 0.5) is 16.2 Å². The average Bonchev–Trinajstić information content (AvgIpc) is 2.71. The topological polar surface area (TPSA) is 122 Å². The van der Waals surface area contributed by atoms with Crippen LogP contribution in [0.1, 0.15) is 33.3 Å². The monoisotopic (exact) mass is 323 g/mol. The van der Waals surface area contributed by atoms with E-state index in [1.165, 1.54) is 19.1 Å². The number of non-ortho nitro benzene ring substituents is 1. The lowest BCUT2D eigenvalue weighted by molar-refractivity contribution is -0.384. The number of rotatable bonds is 2. The average molecular weight is 323 g/mol. The molecule has 1 aromatic rings. The predicted octanol–water partition coefficient (Wildman–Crippen LogP) is 2.15. The fraction of sp³-hybridized carbons (Fsp3) is 0.429. The number of carboxylic acid groups (broad SMARTS) is 1. The Bertz CT molecular complexity index is 696. The van der Waals surface area contributed by atoms with Gasteiger partial charge in [0.2, 0.25) is 0 Å². The van der Waals surface area contributed by atoms with Crippen LogP contribution in [-0.2, 0) is 15.1 Å². The number of amides is 1. The lowest BCUT2D eigenvalue weighted by atomic mass is 9.93. The number of nitro groups is 1. The molecule has 1 atom stereocenters. The number of carbonyl (C=O) groups excluding carboxylic acids is 1. The van der Waals surface area contributed by atoms with Crippen LogP contribution >= 0.6 is 0 Å². The molecule has 0 aromatic heterocycles. The summed E-state index contributed by atoms with van der Waals surface area (Å²) >= 11 is 0. The summed E-state index contributed by atoms with van der Waals surface area (Å²) in [6.45, 7) is 6.35. The number of anilines is 1. The summed E-state index contributed by atoms with van der Waals surface area (Å²) in [5.74, 6) is -1.27. The molecule has 0 bridgehead atoms. The molecular formula is C14H17N3O6. The standard InChI is InChI=1S/C14H17N3O6/c1-13(2,3)23-12(20)16-10-6-5-8(17(21)22)7-9(10)14(4,15-16)11(18)19/h5-7,15H,1-4H3,(H,18,19)/t14-/m0/s1. The molecule has 9 nitrogen and oxygen atoms in total. The van der Waals surface area contributed by atoms with Gasteiger partial charge in [0.1, 0.15) is 5.60 Å². The van der Waals surface area contributed by atoms with Crippen LogP contribution in [-0.4, -0.2) is 27.7 Å². The van der Waals surface area contributed by atoms with Crippen molar-refractivity contribution in [1.29, 1.82) is 0 Å². The van der Waals surface area contributed by atoms with Crippen molar-refractivity contribution >= 4 is 23.4 Å². The fourth-order valence-electron chi connectivity index (χ4n) is 2.19. The first-order chi connectivity index (χ1) is 10.5. The third kappa shape index (κ3) is 2.95. The quantitative estimate of drug-likeness (QED) is 0.631. The van der Waals surface area contributed by atoms with E-state index in [0.29, 0.717) is 0 Å². The normalized spacial score (nSPS) is 20.1. The van der Waals surface area contributed by atoms with E-state index in [4.69, 9.17) is 4.74 Å². The van der Waals surface area contributed by atoms with Gasteiger partial charge in [0.25, 0.3) is 5.69 Å². The molecule has 0 unspecified atom stereocenters.